The molecule has 0 spiro atoms. The maximum atomic E-state index is 12.3. The smallest absolute Gasteiger partial charge is 0.262 e. The maximum absolute atomic E-state index is 12.3. The number of nitrogens with one attached hydrogen (secondary N) is 2. The van der Waals surface area contributed by atoms with E-state index in [0.717, 1.165) is 16.6 Å². The summed E-state index contributed by atoms with van der Waals surface area (Å²) in [6.45, 7) is 2.18. The summed E-state index contributed by atoms with van der Waals surface area (Å²) >= 11 is 0. The maximum Gasteiger partial charge on any atom is 0.262 e. The van der Waals surface area contributed by atoms with E-state index in [-0.39, 0.29) is 18.5 Å². The van der Waals surface area contributed by atoms with Crippen LogP contribution in [0.1, 0.15) is 18.7 Å². The zero-order valence-electron chi connectivity index (χ0n) is 18.6. The molecule has 0 unspecified atom stereocenters. The molecule has 34 heavy (non-hydrogen) atoms. The Morgan fingerprint density at radius 3 is 2.68 bits per heavy atom. The number of carbonyl (C=O) groups is 1. The van der Waals surface area contributed by atoms with E-state index in [1.165, 1.54) is 0 Å². The summed E-state index contributed by atoms with van der Waals surface area (Å²) in [4.78, 5) is 21.6. The van der Waals surface area contributed by atoms with E-state index < -0.39 is 6.17 Å². The molecular formula is C25H24N6O3. The Hall–Kier alpha value is -4.53. The average Bonchev–Trinajstić information content (AvgIpc) is 3.21. The van der Waals surface area contributed by atoms with Gasteiger partial charge in [-0.1, -0.05) is 36.4 Å². The predicted octanol–water partition coefficient (Wildman–Crippen LogP) is 3.74. The van der Waals surface area contributed by atoms with Crippen LogP contribution in [0.15, 0.2) is 77.8 Å². The molecule has 3 aromatic carbocycles. The number of imidazole rings is 1. The highest BCUT2D eigenvalue weighted by Gasteiger charge is 2.26. The second-order valence-electron chi connectivity index (χ2n) is 7.65. The van der Waals surface area contributed by atoms with Gasteiger partial charge in [0.05, 0.1) is 17.6 Å². The fourth-order valence-corrected chi connectivity index (χ4v) is 3.87. The highest BCUT2D eigenvalue weighted by molar-refractivity contribution is 5.95. The van der Waals surface area contributed by atoms with Crippen LogP contribution in [0.5, 0.6) is 11.5 Å². The number of ether oxygens (including phenoxy) is 2. The highest BCUT2D eigenvalue weighted by atomic mass is 16.5. The van der Waals surface area contributed by atoms with Crippen molar-refractivity contribution in [3.05, 3.63) is 78.4 Å². The molecule has 0 saturated carbocycles. The van der Waals surface area contributed by atoms with Gasteiger partial charge in [-0.2, -0.15) is 0 Å². The number of hydrogen-bond donors (Lipinski definition) is 3. The second kappa shape index (κ2) is 9.14. The molecule has 1 aliphatic heterocycles. The first-order chi connectivity index (χ1) is 16.6. The quantitative estimate of drug-likeness (QED) is 0.390. The van der Waals surface area contributed by atoms with Gasteiger partial charge in [-0.05, 0) is 43.3 Å². The van der Waals surface area contributed by atoms with Crippen molar-refractivity contribution in [3.63, 3.8) is 0 Å². The number of rotatable bonds is 7. The number of aromatic nitrogens is 2. The molecule has 9 heteroatoms. The molecule has 0 radical (unpaired) electrons. The Balaban J connectivity index is 1.41. The van der Waals surface area contributed by atoms with E-state index in [1.54, 1.807) is 6.07 Å². The Morgan fingerprint density at radius 1 is 1.06 bits per heavy atom. The first-order valence-electron chi connectivity index (χ1n) is 10.9. The molecule has 1 atom stereocenters. The highest BCUT2D eigenvalue weighted by Crippen LogP contribution is 2.36. The molecule has 4 N–H and O–H groups in total. The molecule has 0 aliphatic carbocycles. The van der Waals surface area contributed by atoms with Crippen molar-refractivity contribution >= 4 is 34.5 Å². The predicted molar refractivity (Wildman–Crippen MR) is 131 cm³/mol. The molecule has 0 bridgehead atoms. The van der Waals surface area contributed by atoms with Gasteiger partial charge in [0, 0.05) is 11.3 Å². The van der Waals surface area contributed by atoms with E-state index in [1.807, 2.05) is 78.2 Å². The lowest BCUT2D eigenvalue weighted by atomic mass is 10.1. The first kappa shape index (κ1) is 21.3. The van der Waals surface area contributed by atoms with Crippen molar-refractivity contribution in [2.75, 3.05) is 23.8 Å². The van der Waals surface area contributed by atoms with Gasteiger partial charge < -0.3 is 20.5 Å². The van der Waals surface area contributed by atoms with E-state index in [2.05, 4.69) is 20.6 Å². The van der Waals surface area contributed by atoms with Gasteiger partial charge in [-0.15, -0.1) is 0 Å². The molecule has 4 aromatic rings. The van der Waals surface area contributed by atoms with Crippen LogP contribution in [-0.4, -0.2) is 34.6 Å². The molecule has 0 fully saturated rings. The van der Waals surface area contributed by atoms with Crippen LogP contribution < -0.4 is 25.8 Å². The normalized spacial score (nSPS) is 14.6. The fourth-order valence-electron chi connectivity index (χ4n) is 3.87. The van der Waals surface area contributed by atoms with E-state index >= 15 is 0 Å². The van der Waals surface area contributed by atoms with Crippen molar-refractivity contribution in [2.24, 2.45) is 10.7 Å². The van der Waals surface area contributed by atoms with Crippen LogP contribution >= 0.6 is 0 Å². The zero-order chi connectivity index (χ0) is 23.5. The number of amides is 1. The molecule has 0 saturated heterocycles. The van der Waals surface area contributed by atoms with Gasteiger partial charge in [0.25, 0.3) is 5.91 Å². The molecule has 1 amide bonds. The molecule has 2 heterocycles. The number of para-hydroxylation sites is 3. The number of carbonyl (C=O) groups excluding carboxylic acids is 1. The van der Waals surface area contributed by atoms with Crippen LogP contribution in [0.3, 0.4) is 0 Å². The Labute approximate surface area is 196 Å². The Morgan fingerprint density at radius 2 is 1.85 bits per heavy atom. The van der Waals surface area contributed by atoms with Crippen LogP contribution in [0.2, 0.25) is 0 Å². The molecule has 1 aliphatic rings. The van der Waals surface area contributed by atoms with Crippen LogP contribution in [0.4, 0.5) is 11.6 Å². The number of benzene rings is 3. The van der Waals surface area contributed by atoms with Crippen molar-refractivity contribution in [1.29, 1.82) is 0 Å². The standard InChI is InChI=1S/C25H24N6O3/c1-2-33-21-14-16(12-13-20(21)34-15-22(32)27-17-8-4-3-5-9-17)23-29-24(26)30-25-28-18-10-6-7-11-19(18)31(23)25/h3-14,23H,2,15H2,1H3,(H,27,32)(H3,26,28,29,30)/t23-/m1/s1. The lowest BCUT2D eigenvalue weighted by Gasteiger charge is -2.24. The zero-order valence-corrected chi connectivity index (χ0v) is 18.6. The summed E-state index contributed by atoms with van der Waals surface area (Å²) in [6.07, 6.45) is -0.432. The number of guanidine groups is 1. The van der Waals surface area contributed by atoms with Gasteiger partial charge in [0.15, 0.2) is 30.2 Å². The van der Waals surface area contributed by atoms with E-state index in [0.29, 0.717) is 29.7 Å². The van der Waals surface area contributed by atoms with Crippen molar-refractivity contribution in [3.8, 4) is 11.5 Å². The summed E-state index contributed by atoms with van der Waals surface area (Å²) in [6, 6.07) is 22.6. The molecular weight excluding hydrogens is 432 g/mol. The molecule has 172 valence electrons. The lowest BCUT2D eigenvalue weighted by molar-refractivity contribution is -0.118. The number of nitrogens with two attached hydrogens (primary N) is 1. The number of aliphatic imine (C=N–C) groups is 1. The van der Waals surface area contributed by atoms with Gasteiger partial charge in [0.1, 0.15) is 0 Å². The average molecular weight is 457 g/mol. The Kier molecular flexibility index (Phi) is 5.73. The minimum atomic E-state index is -0.432. The summed E-state index contributed by atoms with van der Waals surface area (Å²) in [5.41, 5.74) is 9.38. The minimum absolute atomic E-state index is 0.150. The molecule has 5 rings (SSSR count). The summed E-state index contributed by atoms with van der Waals surface area (Å²) in [5.74, 6) is 1.63. The van der Waals surface area contributed by atoms with Crippen molar-refractivity contribution in [2.45, 2.75) is 13.1 Å². The van der Waals surface area contributed by atoms with Gasteiger partial charge in [-0.3, -0.25) is 14.7 Å². The third-order valence-corrected chi connectivity index (χ3v) is 5.32. The number of fused-ring (bicyclic) bond motifs is 3. The first-order valence-corrected chi connectivity index (χ1v) is 10.9. The number of nitrogens with zero attached hydrogens (tertiary/aromatic N) is 3. The molecule has 1 aromatic heterocycles. The SMILES string of the molecule is CCOc1cc([C@@H]2N=C(N)Nc3nc4ccccc4n32)ccc1OCC(=O)Nc1ccccc1. The van der Waals surface area contributed by atoms with Gasteiger partial charge in [-0.25, -0.2) is 9.98 Å². The Bertz CT molecular complexity index is 1370. The second-order valence-corrected chi connectivity index (χ2v) is 7.65. The van der Waals surface area contributed by atoms with E-state index in [4.69, 9.17) is 15.2 Å². The summed E-state index contributed by atoms with van der Waals surface area (Å²) in [7, 11) is 0. The molecule has 9 nitrogen and oxygen atoms in total. The van der Waals surface area contributed by atoms with Crippen LogP contribution in [0.25, 0.3) is 11.0 Å². The van der Waals surface area contributed by atoms with Crippen molar-refractivity contribution in [1.82, 2.24) is 9.55 Å². The third kappa shape index (κ3) is 4.23. The lowest BCUT2D eigenvalue weighted by Crippen LogP contribution is -2.31. The number of anilines is 2. The van der Waals surface area contributed by atoms with Crippen LogP contribution in [0, 0.1) is 0 Å². The summed E-state index contributed by atoms with van der Waals surface area (Å²) in [5, 5.41) is 5.84. The minimum Gasteiger partial charge on any atom is -0.490 e. The van der Waals surface area contributed by atoms with E-state index in [9.17, 15) is 4.79 Å². The monoisotopic (exact) mass is 456 g/mol. The van der Waals surface area contributed by atoms with Crippen molar-refractivity contribution < 1.29 is 14.3 Å². The van der Waals surface area contributed by atoms with Crippen LogP contribution in [-0.2, 0) is 4.79 Å². The summed E-state index contributed by atoms with van der Waals surface area (Å²) < 4.78 is 13.6. The van der Waals surface area contributed by atoms with Gasteiger partial charge in [0.2, 0.25) is 5.95 Å². The third-order valence-electron chi connectivity index (χ3n) is 5.32. The topological polar surface area (TPSA) is 116 Å². The van der Waals surface area contributed by atoms with Gasteiger partial charge >= 0.3 is 0 Å². The fraction of sp³-hybridized carbons (Fsp3) is 0.160. The number of hydrogen-bond acceptors (Lipinski definition) is 7. The largest absolute Gasteiger partial charge is 0.490 e.